The van der Waals surface area contributed by atoms with Crippen LogP contribution < -0.4 is 5.11 Å². The molecule has 7 heteroatoms. The molecule has 7 nitrogen and oxygen atoms in total. The summed E-state index contributed by atoms with van der Waals surface area (Å²) in [6.45, 7) is 0. The summed E-state index contributed by atoms with van der Waals surface area (Å²) in [6.07, 6.45) is 1.04. The molecule has 0 aromatic heterocycles. The van der Waals surface area contributed by atoms with E-state index in [1.165, 1.54) is 0 Å². The van der Waals surface area contributed by atoms with Crippen LogP contribution in [0.4, 0.5) is 0 Å². The molecule has 4 amide bonds. The molecule has 17 heavy (non-hydrogen) atoms. The minimum absolute atomic E-state index is 0.0921. The lowest BCUT2D eigenvalue weighted by Crippen LogP contribution is -2.64. The molecule has 0 aromatic rings. The average Bonchev–Trinajstić information content (AvgIpc) is 2.77. The van der Waals surface area contributed by atoms with Crippen molar-refractivity contribution in [3.8, 4) is 0 Å². The van der Waals surface area contributed by atoms with Crippen LogP contribution in [-0.4, -0.2) is 45.5 Å². The van der Waals surface area contributed by atoms with Gasteiger partial charge in [0.05, 0.1) is 0 Å². The quantitative estimate of drug-likeness (QED) is 0.432. The molecule has 2 fully saturated rings. The molecule has 3 rings (SSSR count). The minimum Gasteiger partial charge on any atom is -0.874 e. The number of hydrogen-bond acceptors (Lipinski definition) is 5. The van der Waals surface area contributed by atoms with Gasteiger partial charge < -0.3 is 5.11 Å². The molecule has 3 aliphatic rings. The van der Waals surface area contributed by atoms with Crippen LogP contribution in [0.3, 0.4) is 0 Å². The van der Waals surface area contributed by atoms with E-state index < -0.39 is 41.5 Å². The SMILES string of the molecule is O=C1CCC2C(=O)N3C(=O)C=C([O-])C3C(=O)N12. The Bertz CT molecular complexity index is 509. The van der Waals surface area contributed by atoms with E-state index in [1.54, 1.807) is 0 Å². The highest BCUT2D eigenvalue weighted by atomic mass is 16.3. The normalized spacial score (nSPS) is 31.9. The molecule has 0 N–H and O–H groups in total. The van der Waals surface area contributed by atoms with E-state index in [2.05, 4.69) is 0 Å². The number of amides is 4. The van der Waals surface area contributed by atoms with E-state index >= 15 is 0 Å². The second kappa shape index (κ2) is 2.93. The standard InChI is InChI=1S/C10H8N2O5/c13-5-3-7(15)12-8(5)10(17)11-4(9(12)16)1-2-6(11)14/h3-4,8,13H,1-2H2/p-1. The van der Waals surface area contributed by atoms with Crippen molar-refractivity contribution in [1.82, 2.24) is 9.80 Å². The van der Waals surface area contributed by atoms with Crippen molar-refractivity contribution in [2.75, 3.05) is 0 Å². The monoisotopic (exact) mass is 235 g/mol. The lowest BCUT2D eigenvalue weighted by molar-refractivity contribution is -0.310. The van der Waals surface area contributed by atoms with Crippen molar-refractivity contribution >= 4 is 23.6 Å². The van der Waals surface area contributed by atoms with Crippen LogP contribution in [-0.2, 0) is 19.2 Å². The number of imide groups is 2. The van der Waals surface area contributed by atoms with Crippen LogP contribution in [0.2, 0.25) is 0 Å². The van der Waals surface area contributed by atoms with Gasteiger partial charge in [0.25, 0.3) is 17.7 Å². The van der Waals surface area contributed by atoms with Gasteiger partial charge in [0.2, 0.25) is 5.91 Å². The second-order valence-electron chi connectivity index (χ2n) is 4.15. The maximum absolute atomic E-state index is 11.9. The molecule has 88 valence electrons. The third kappa shape index (κ3) is 1.05. The Morgan fingerprint density at radius 3 is 2.53 bits per heavy atom. The fourth-order valence-electron chi connectivity index (χ4n) is 2.48. The van der Waals surface area contributed by atoms with E-state index in [1.807, 2.05) is 0 Å². The molecule has 0 aliphatic carbocycles. The Kier molecular flexibility index (Phi) is 1.73. The first-order valence-electron chi connectivity index (χ1n) is 5.14. The smallest absolute Gasteiger partial charge is 0.256 e. The lowest BCUT2D eigenvalue weighted by Gasteiger charge is -2.38. The summed E-state index contributed by atoms with van der Waals surface area (Å²) in [7, 11) is 0. The Morgan fingerprint density at radius 2 is 1.82 bits per heavy atom. The largest absolute Gasteiger partial charge is 0.874 e. The third-order valence-electron chi connectivity index (χ3n) is 3.24. The number of piperazine rings is 1. The Labute approximate surface area is 95.3 Å². The van der Waals surface area contributed by atoms with E-state index in [0.29, 0.717) is 4.90 Å². The average molecular weight is 235 g/mol. The van der Waals surface area contributed by atoms with Crippen molar-refractivity contribution < 1.29 is 24.3 Å². The van der Waals surface area contributed by atoms with Gasteiger partial charge >= 0.3 is 0 Å². The number of hydrogen-bond donors (Lipinski definition) is 0. The fourth-order valence-corrected chi connectivity index (χ4v) is 2.48. The van der Waals surface area contributed by atoms with Gasteiger partial charge in [-0.3, -0.25) is 29.0 Å². The first-order chi connectivity index (χ1) is 8.02. The molecular weight excluding hydrogens is 228 g/mol. The zero-order valence-electron chi connectivity index (χ0n) is 8.58. The highest BCUT2D eigenvalue weighted by Gasteiger charge is 2.54. The third-order valence-corrected chi connectivity index (χ3v) is 3.24. The molecule has 0 aromatic carbocycles. The lowest BCUT2D eigenvalue weighted by atomic mass is 10.1. The molecule has 0 saturated carbocycles. The van der Waals surface area contributed by atoms with Crippen LogP contribution in [0, 0.1) is 0 Å². The van der Waals surface area contributed by atoms with E-state index in [0.717, 1.165) is 11.0 Å². The number of carbonyl (C=O) groups excluding carboxylic acids is 4. The van der Waals surface area contributed by atoms with Gasteiger partial charge in [-0.1, -0.05) is 5.76 Å². The Hall–Kier alpha value is -2.18. The summed E-state index contributed by atoms with van der Waals surface area (Å²) in [5.74, 6) is -3.35. The summed E-state index contributed by atoms with van der Waals surface area (Å²) < 4.78 is 0. The fraction of sp³-hybridized carbons (Fsp3) is 0.400. The predicted molar refractivity (Wildman–Crippen MR) is 48.6 cm³/mol. The first-order valence-corrected chi connectivity index (χ1v) is 5.14. The maximum Gasteiger partial charge on any atom is 0.256 e. The summed E-state index contributed by atoms with van der Waals surface area (Å²) >= 11 is 0. The summed E-state index contributed by atoms with van der Waals surface area (Å²) in [6, 6.07) is -2.36. The van der Waals surface area contributed by atoms with Crippen LogP contribution >= 0.6 is 0 Å². The Morgan fingerprint density at radius 1 is 1.12 bits per heavy atom. The van der Waals surface area contributed by atoms with Gasteiger partial charge in [0, 0.05) is 6.42 Å². The van der Waals surface area contributed by atoms with Gasteiger partial charge in [-0.2, -0.15) is 0 Å². The molecule has 0 spiro atoms. The van der Waals surface area contributed by atoms with Gasteiger partial charge in [-0.25, -0.2) is 0 Å². The van der Waals surface area contributed by atoms with Gasteiger partial charge in [-0.05, 0) is 12.5 Å². The molecular formula is C10H7N2O5-. The van der Waals surface area contributed by atoms with Crippen molar-refractivity contribution in [1.29, 1.82) is 0 Å². The maximum atomic E-state index is 11.9. The van der Waals surface area contributed by atoms with Crippen LogP contribution in [0.25, 0.3) is 0 Å². The molecule has 2 unspecified atom stereocenters. The van der Waals surface area contributed by atoms with Crippen LogP contribution in [0.1, 0.15) is 12.8 Å². The molecule has 2 atom stereocenters. The molecule has 0 bridgehead atoms. The summed E-state index contributed by atoms with van der Waals surface area (Å²) in [4.78, 5) is 48.2. The van der Waals surface area contributed by atoms with E-state index in [-0.39, 0.29) is 12.8 Å². The van der Waals surface area contributed by atoms with Gasteiger partial charge in [0.15, 0.2) is 0 Å². The number of nitrogens with zero attached hydrogens (tertiary/aromatic N) is 2. The zero-order chi connectivity index (χ0) is 12.3. The van der Waals surface area contributed by atoms with Crippen molar-refractivity contribution in [2.24, 2.45) is 0 Å². The molecule has 3 heterocycles. The van der Waals surface area contributed by atoms with Crippen molar-refractivity contribution in [3.63, 3.8) is 0 Å². The second-order valence-corrected chi connectivity index (χ2v) is 4.15. The van der Waals surface area contributed by atoms with Crippen molar-refractivity contribution in [3.05, 3.63) is 11.8 Å². The minimum atomic E-state index is -1.45. The number of fused-ring (bicyclic) bond motifs is 2. The predicted octanol–water partition coefficient (Wildman–Crippen LogP) is -2.50. The van der Waals surface area contributed by atoms with Crippen LogP contribution in [0.5, 0.6) is 0 Å². The Balaban J connectivity index is 2.08. The molecule has 0 radical (unpaired) electrons. The summed E-state index contributed by atoms with van der Waals surface area (Å²) in [5.41, 5.74) is 0. The summed E-state index contributed by atoms with van der Waals surface area (Å²) in [5, 5.41) is 11.4. The highest BCUT2D eigenvalue weighted by molar-refractivity contribution is 6.18. The van der Waals surface area contributed by atoms with E-state index in [4.69, 9.17) is 0 Å². The first kappa shape index (κ1) is 10.0. The number of rotatable bonds is 0. The topological polar surface area (TPSA) is 97.8 Å². The van der Waals surface area contributed by atoms with Gasteiger partial charge in [0.1, 0.15) is 12.1 Å². The van der Waals surface area contributed by atoms with Gasteiger partial charge in [-0.15, -0.1) is 0 Å². The number of carbonyl (C=O) groups is 4. The molecule has 3 aliphatic heterocycles. The molecule has 2 saturated heterocycles. The highest BCUT2D eigenvalue weighted by Crippen LogP contribution is 2.31. The van der Waals surface area contributed by atoms with E-state index in [9.17, 15) is 24.3 Å². The zero-order valence-corrected chi connectivity index (χ0v) is 8.58. The van der Waals surface area contributed by atoms with Crippen molar-refractivity contribution in [2.45, 2.75) is 24.9 Å². The van der Waals surface area contributed by atoms with Crippen LogP contribution in [0.15, 0.2) is 11.8 Å².